The molecule has 3 N–H and O–H groups in total. The van der Waals surface area contributed by atoms with Crippen molar-refractivity contribution >= 4 is 29.1 Å². The van der Waals surface area contributed by atoms with Crippen LogP contribution in [0.5, 0.6) is 0 Å². The Labute approximate surface area is 111 Å². The molecule has 0 aliphatic heterocycles. The van der Waals surface area contributed by atoms with E-state index >= 15 is 0 Å². The van der Waals surface area contributed by atoms with Crippen LogP contribution < -0.4 is 11.4 Å². The standard InChI is InChI=1S/C10H10ClFN4OS/c1-2-16-9(17)14-15-10(16)18-8-4-6(12)5(11)3-7(8)13/h3-4H,2,13H2,1H3,(H,14,17). The first-order valence-corrected chi connectivity index (χ1v) is 6.30. The summed E-state index contributed by atoms with van der Waals surface area (Å²) in [7, 11) is 0. The molecule has 1 aromatic heterocycles. The van der Waals surface area contributed by atoms with Gasteiger partial charge in [-0.05, 0) is 30.8 Å². The summed E-state index contributed by atoms with van der Waals surface area (Å²) in [5.74, 6) is -0.561. The van der Waals surface area contributed by atoms with Gasteiger partial charge in [-0.2, -0.15) is 0 Å². The van der Waals surface area contributed by atoms with E-state index in [9.17, 15) is 9.18 Å². The highest BCUT2D eigenvalue weighted by molar-refractivity contribution is 7.99. The lowest BCUT2D eigenvalue weighted by Crippen LogP contribution is -2.16. The number of nitrogen functional groups attached to an aromatic ring is 1. The Morgan fingerprint density at radius 2 is 2.33 bits per heavy atom. The van der Waals surface area contributed by atoms with E-state index in [1.54, 1.807) is 0 Å². The zero-order chi connectivity index (χ0) is 13.3. The highest BCUT2D eigenvalue weighted by Gasteiger charge is 2.12. The molecule has 0 fully saturated rings. The number of H-pyrrole nitrogens is 1. The lowest BCUT2D eigenvalue weighted by atomic mass is 10.3. The molecule has 0 saturated carbocycles. The maximum atomic E-state index is 13.4. The van der Waals surface area contributed by atoms with Crippen LogP contribution in [-0.2, 0) is 6.54 Å². The molecule has 0 radical (unpaired) electrons. The molecule has 5 nitrogen and oxygen atoms in total. The van der Waals surface area contributed by atoms with Gasteiger partial charge in [0.2, 0.25) is 0 Å². The summed E-state index contributed by atoms with van der Waals surface area (Å²) in [6.07, 6.45) is 0. The Balaban J connectivity index is 2.40. The van der Waals surface area contributed by atoms with Crippen molar-refractivity contribution in [3.05, 3.63) is 33.5 Å². The molecule has 0 unspecified atom stereocenters. The second-order valence-corrected chi connectivity index (χ2v) is 4.88. The Morgan fingerprint density at radius 3 is 3.00 bits per heavy atom. The van der Waals surface area contributed by atoms with Crippen molar-refractivity contribution in [3.8, 4) is 0 Å². The fraction of sp³-hybridized carbons (Fsp3) is 0.200. The third-order valence-corrected chi connectivity index (χ3v) is 3.65. The van der Waals surface area contributed by atoms with Gasteiger partial charge in [-0.3, -0.25) is 4.57 Å². The molecule has 0 aliphatic carbocycles. The van der Waals surface area contributed by atoms with Crippen LogP contribution in [0.25, 0.3) is 0 Å². The average Bonchev–Trinajstić information content (AvgIpc) is 2.67. The molecule has 8 heteroatoms. The van der Waals surface area contributed by atoms with E-state index in [0.29, 0.717) is 22.3 Å². The number of anilines is 1. The number of benzene rings is 1. The summed E-state index contributed by atoms with van der Waals surface area (Å²) < 4.78 is 14.8. The van der Waals surface area contributed by atoms with Gasteiger partial charge < -0.3 is 5.73 Å². The number of hydrogen-bond acceptors (Lipinski definition) is 4. The van der Waals surface area contributed by atoms with Crippen LogP contribution >= 0.6 is 23.4 Å². The second-order valence-electron chi connectivity index (χ2n) is 3.46. The molecule has 2 aromatic rings. The van der Waals surface area contributed by atoms with Gasteiger partial charge in [0.25, 0.3) is 0 Å². The van der Waals surface area contributed by atoms with Gasteiger partial charge in [-0.15, -0.1) is 5.10 Å². The third kappa shape index (κ3) is 2.37. The molecule has 0 saturated heterocycles. The van der Waals surface area contributed by atoms with Crippen molar-refractivity contribution in [3.63, 3.8) is 0 Å². The number of aromatic amines is 1. The minimum atomic E-state index is -0.561. The Hall–Kier alpha value is -1.47. The first-order chi connectivity index (χ1) is 8.52. The number of nitrogens with one attached hydrogen (secondary N) is 1. The molecule has 1 aromatic carbocycles. The molecule has 0 atom stereocenters. The average molecular weight is 289 g/mol. The minimum absolute atomic E-state index is 0.0354. The topological polar surface area (TPSA) is 76.7 Å². The van der Waals surface area contributed by atoms with E-state index < -0.39 is 5.82 Å². The number of nitrogens with zero attached hydrogens (tertiary/aromatic N) is 2. The van der Waals surface area contributed by atoms with Crippen molar-refractivity contribution in [2.45, 2.75) is 23.5 Å². The van der Waals surface area contributed by atoms with Crippen LogP contribution in [-0.4, -0.2) is 14.8 Å². The fourth-order valence-electron chi connectivity index (χ4n) is 1.39. The highest BCUT2D eigenvalue weighted by atomic mass is 35.5. The van der Waals surface area contributed by atoms with E-state index in [1.807, 2.05) is 6.92 Å². The SMILES string of the molecule is CCn1c(Sc2cc(F)c(Cl)cc2N)n[nH]c1=O. The fourth-order valence-corrected chi connectivity index (χ4v) is 2.51. The van der Waals surface area contributed by atoms with Crippen molar-refractivity contribution in [1.82, 2.24) is 14.8 Å². The van der Waals surface area contributed by atoms with Crippen LogP contribution in [0.3, 0.4) is 0 Å². The quantitative estimate of drug-likeness (QED) is 0.848. The van der Waals surface area contributed by atoms with E-state index in [4.69, 9.17) is 17.3 Å². The molecule has 0 spiro atoms. The van der Waals surface area contributed by atoms with Crippen molar-refractivity contribution < 1.29 is 4.39 Å². The normalized spacial score (nSPS) is 10.8. The molecule has 0 amide bonds. The predicted molar refractivity (Wildman–Crippen MR) is 68.5 cm³/mol. The van der Waals surface area contributed by atoms with Crippen molar-refractivity contribution in [1.29, 1.82) is 0 Å². The maximum Gasteiger partial charge on any atom is 0.343 e. The third-order valence-electron chi connectivity index (χ3n) is 2.29. The first kappa shape index (κ1) is 13.0. The molecule has 18 heavy (non-hydrogen) atoms. The number of hydrogen-bond donors (Lipinski definition) is 2. The molecule has 2 rings (SSSR count). The monoisotopic (exact) mass is 288 g/mol. The lowest BCUT2D eigenvalue weighted by molar-refractivity contribution is 0.624. The number of halogens is 2. The molecular formula is C10H10ClFN4OS. The molecule has 96 valence electrons. The van der Waals surface area contributed by atoms with E-state index in [-0.39, 0.29) is 10.7 Å². The zero-order valence-electron chi connectivity index (χ0n) is 9.41. The van der Waals surface area contributed by atoms with Crippen LogP contribution in [0, 0.1) is 5.82 Å². The number of rotatable bonds is 3. The summed E-state index contributed by atoms with van der Waals surface area (Å²) >= 11 is 6.72. The first-order valence-electron chi connectivity index (χ1n) is 5.10. The van der Waals surface area contributed by atoms with E-state index in [1.165, 1.54) is 16.7 Å². The van der Waals surface area contributed by atoms with Gasteiger partial charge >= 0.3 is 5.69 Å². The van der Waals surface area contributed by atoms with Crippen molar-refractivity contribution in [2.24, 2.45) is 0 Å². The summed E-state index contributed by atoms with van der Waals surface area (Å²) in [6.45, 7) is 2.28. The second kappa shape index (κ2) is 5.03. The smallest absolute Gasteiger partial charge is 0.343 e. The summed E-state index contributed by atoms with van der Waals surface area (Å²) in [6, 6.07) is 2.56. The Morgan fingerprint density at radius 1 is 1.61 bits per heavy atom. The van der Waals surface area contributed by atoms with Crippen LogP contribution in [0.4, 0.5) is 10.1 Å². The maximum absolute atomic E-state index is 13.4. The van der Waals surface area contributed by atoms with Gasteiger partial charge in [0.1, 0.15) is 5.82 Å². The van der Waals surface area contributed by atoms with Gasteiger partial charge in [0, 0.05) is 17.1 Å². The lowest BCUT2D eigenvalue weighted by Gasteiger charge is -2.06. The summed E-state index contributed by atoms with van der Waals surface area (Å²) in [4.78, 5) is 11.8. The van der Waals surface area contributed by atoms with Crippen LogP contribution in [0.1, 0.15) is 6.92 Å². The predicted octanol–water partition coefficient (Wildman–Crippen LogP) is 2.12. The molecule has 0 aliphatic rings. The Kier molecular flexibility index (Phi) is 3.63. The molecule has 1 heterocycles. The van der Waals surface area contributed by atoms with E-state index in [0.717, 1.165) is 11.8 Å². The molecular weight excluding hydrogens is 279 g/mol. The zero-order valence-corrected chi connectivity index (χ0v) is 11.0. The molecule has 0 bridgehead atoms. The van der Waals surface area contributed by atoms with Crippen LogP contribution in [0.15, 0.2) is 27.0 Å². The summed E-state index contributed by atoms with van der Waals surface area (Å²) in [5, 5.41) is 6.57. The van der Waals surface area contributed by atoms with Gasteiger partial charge in [-0.1, -0.05) is 11.6 Å². The number of aromatic nitrogens is 3. The summed E-state index contributed by atoms with van der Waals surface area (Å²) in [5.41, 5.74) is 5.76. The minimum Gasteiger partial charge on any atom is -0.398 e. The van der Waals surface area contributed by atoms with Gasteiger partial charge in [-0.25, -0.2) is 14.3 Å². The number of nitrogens with two attached hydrogens (primary N) is 1. The Bertz CT molecular complexity index is 639. The van der Waals surface area contributed by atoms with Gasteiger partial charge in [0.15, 0.2) is 5.16 Å². The van der Waals surface area contributed by atoms with E-state index in [2.05, 4.69) is 10.2 Å². The van der Waals surface area contributed by atoms with Gasteiger partial charge in [0.05, 0.1) is 5.02 Å². The largest absolute Gasteiger partial charge is 0.398 e. The van der Waals surface area contributed by atoms with Crippen LogP contribution in [0.2, 0.25) is 5.02 Å². The highest BCUT2D eigenvalue weighted by Crippen LogP contribution is 2.33. The van der Waals surface area contributed by atoms with Crippen molar-refractivity contribution in [2.75, 3.05) is 5.73 Å².